The summed E-state index contributed by atoms with van der Waals surface area (Å²) in [7, 11) is 0. The van der Waals surface area contributed by atoms with Gasteiger partial charge in [-0.15, -0.1) is 0 Å². The van der Waals surface area contributed by atoms with Crippen molar-refractivity contribution in [3.05, 3.63) is 66.1 Å². The van der Waals surface area contributed by atoms with Crippen molar-refractivity contribution < 1.29 is 0 Å². The van der Waals surface area contributed by atoms with Crippen LogP contribution in [0, 0.1) is 6.92 Å². The number of benzene rings is 1. The molecule has 0 fully saturated rings. The van der Waals surface area contributed by atoms with Crippen LogP contribution in [0.25, 0.3) is 10.9 Å². The van der Waals surface area contributed by atoms with Crippen LogP contribution in [-0.4, -0.2) is 9.55 Å². The minimum absolute atomic E-state index is 0.900. The molecule has 0 bridgehead atoms. The van der Waals surface area contributed by atoms with Crippen molar-refractivity contribution in [3.8, 4) is 0 Å². The van der Waals surface area contributed by atoms with Crippen LogP contribution in [0.5, 0.6) is 0 Å². The van der Waals surface area contributed by atoms with E-state index in [1.165, 1.54) is 10.9 Å². The molecule has 0 saturated carbocycles. The number of hydrogen-bond donors (Lipinski definition) is 0. The second-order valence-corrected chi connectivity index (χ2v) is 4.30. The highest BCUT2D eigenvalue weighted by atomic mass is 14.9. The molecule has 0 radical (unpaired) electrons. The summed E-state index contributed by atoms with van der Waals surface area (Å²) in [5.41, 5.74) is 3.48. The fraction of sp³-hybridized carbons (Fsp3) is 0.133. The minimum Gasteiger partial charge on any atom is -0.350 e. The van der Waals surface area contributed by atoms with Gasteiger partial charge in [0.05, 0.1) is 5.52 Å². The van der Waals surface area contributed by atoms with Crippen LogP contribution in [0.3, 0.4) is 0 Å². The maximum absolute atomic E-state index is 4.56. The van der Waals surface area contributed by atoms with Crippen LogP contribution >= 0.6 is 0 Å². The third kappa shape index (κ3) is 1.94. The van der Waals surface area contributed by atoms with E-state index in [4.69, 9.17) is 0 Å². The number of rotatable bonds is 2. The van der Waals surface area contributed by atoms with Gasteiger partial charge in [-0.2, -0.15) is 0 Å². The van der Waals surface area contributed by atoms with E-state index in [1.807, 2.05) is 13.0 Å². The molecule has 0 aliphatic heterocycles. The van der Waals surface area contributed by atoms with Crippen LogP contribution in [0.4, 0.5) is 0 Å². The van der Waals surface area contributed by atoms with Crippen molar-refractivity contribution in [1.29, 1.82) is 0 Å². The van der Waals surface area contributed by atoms with Crippen molar-refractivity contribution in [2.24, 2.45) is 0 Å². The zero-order valence-corrected chi connectivity index (χ0v) is 9.80. The molecule has 0 N–H and O–H groups in total. The molecule has 0 atom stereocenters. The lowest BCUT2D eigenvalue weighted by molar-refractivity contribution is 0.809. The summed E-state index contributed by atoms with van der Waals surface area (Å²) in [4.78, 5) is 4.56. The Morgan fingerprint density at radius 1 is 1.06 bits per heavy atom. The summed E-state index contributed by atoms with van der Waals surface area (Å²) in [5.74, 6) is 0. The molecule has 0 saturated heterocycles. The number of fused-ring (bicyclic) bond motifs is 1. The number of pyridine rings is 1. The third-order valence-corrected chi connectivity index (χ3v) is 2.95. The molecular weight excluding hydrogens is 208 g/mol. The number of aromatic nitrogens is 2. The van der Waals surface area contributed by atoms with Crippen LogP contribution in [0.1, 0.15) is 11.3 Å². The lowest BCUT2D eigenvalue weighted by Gasteiger charge is -2.08. The second kappa shape index (κ2) is 4.06. The van der Waals surface area contributed by atoms with Gasteiger partial charge < -0.3 is 4.57 Å². The van der Waals surface area contributed by atoms with Gasteiger partial charge in [0.1, 0.15) is 0 Å². The van der Waals surface area contributed by atoms with Gasteiger partial charge in [0.2, 0.25) is 0 Å². The van der Waals surface area contributed by atoms with E-state index in [0.29, 0.717) is 0 Å². The first-order valence-electron chi connectivity index (χ1n) is 5.79. The molecule has 84 valence electrons. The second-order valence-electron chi connectivity index (χ2n) is 4.30. The molecule has 0 aliphatic carbocycles. The van der Waals surface area contributed by atoms with Gasteiger partial charge in [-0.3, -0.25) is 4.98 Å². The molecule has 0 amide bonds. The molecule has 1 aromatic carbocycles. The Morgan fingerprint density at radius 3 is 2.65 bits per heavy atom. The predicted molar refractivity (Wildman–Crippen MR) is 70.0 cm³/mol. The molecule has 2 aromatic heterocycles. The Kier molecular flexibility index (Phi) is 2.41. The normalized spacial score (nSPS) is 10.9. The van der Waals surface area contributed by atoms with Gasteiger partial charge in [0.15, 0.2) is 0 Å². The summed E-state index contributed by atoms with van der Waals surface area (Å²) < 4.78 is 2.18. The average Bonchev–Trinajstić information content (AvgIpc) is 2.81. The fourth-order valence-corrected chi connectivity index (χ4v) is 2.20. The van der Waals surface area contributed by atoms with Crippen LogP contribution in [-0.2, 0) is 6.54 Å². The molecule has 2 heteroatoms. The maximum atomic E-state index is 4.56. The van der Waals surface area contributed by atoms with E-state index >= 15 is 0 Å². The number of nitrogens with zero attached hydrogens (tertiary/aromatic N) is 2. The zero-order chi connectivity index (χ0) is 11.7. The first kappa shape index (κ1) is 10.1. The summed E-state index contributed by atoms with van der Waals surface area (Å²) in [6.45, 7) is 2.95. The fourth-order valence-electron chi connectivity index (χ4n) is 2.20. The zero-order valence-electron chi connectivity index (χ0n) is 9.80. The van der Waals surface area contributed by atoms with E-state index in [1.54, 1.807) is 0 Å². The van der Waals surface area contributed by atoms with Crippen molar-refractivity contribution in [2.75, 3.05) is 0 Å². The average molecular weight is 222 g/mol. The standard InChI is InChI=1S/C15H14N2/c1-12-10-13(11-17-8-4-5-9-17)14-6-2-3-7-15(14)16-12/h2-10H,11H2,1H3. The Bertz CT molecular complexity index is 639. The molecular formula is C15H14N2. The summed E-state index contributed by atoms with van der Waals surface area (Å²) in [6, 6.07) is 14.6. The number of hydrogen-bond acceptors (Lipinski definition) is 1. The Balaban J connectivity index is 2.14. The van der Waals surface area contributed by atoms with Crippen LogP contribution < -0.4 is 0 Å². The summed E-state index contributed by atoms with van der Waals surface area (Å²) >= 11 is 0. The van der Waals surface area contributed by atoms with Gasteiger partial charge in [-0.05, 0) is 36.8 Å². The monoisotopic (exact) mass is 222 g/mol. The maximum Gasteiger partial charge on any atom is 0.0708 e. The van der Waals surface area contributed by atoms with Crippen molar-refractivity contribution in [3.63, 3.8) is 0 Å². The molecule has 2 nitrogen and oxygen atoms in total. The summed E-state index contributed by atoms with van der Waals surface area (Å²) in [5, 5.41) is 1.24. The van der Waals surface area contributed by atoms with E-state index < -0.39 is 0 Å². The Hall–Kier alpha value is -2.09. The number of para-hydroxylation sites is 1. The van der Waals surface area contributed by atoms with Crippen LogP contribution in [0.15, 0.2) is 54.9 Å². The molecule has 3 rings (SSSR count). The Morgan fingerprint density at radius 2 is 1.82 bits per heavy atom. The molecule has 0 aliphatic rings. The largest absolute Gasteiger partial charge is 0.350 e. The summed E-state index contributed by atoms with van der Waals surface area (Å²) in [6.07, 6.45) is 4.18. The van der Waals surface area contributed by atoms with E-state index in [0.717, 1.165) is 17.8 Å². The Labute approximate surface area is 101 Å². The first-order chi connectivity index (χ1) is 8.33. The lowest BCUT2D eigenvalue weighted by Crippen LogP contribution is -1.99. The molecule has 2 heterocycles. The highest BCUT2D eigenvalue weighted by molar-refractivity contribution is 5.82. The van der Waals surface area contributed by atoms with Gasteiger partial charge in [0.25, 0.3) is 0 Å². The topological polar surface area (TPSA) is 17.8 Å². The number of aryl methyl sites for hydroxylation is 1. The van der Waals surface area contributed by atoms with Crippen molar-refractivity contribution in [2.45, 2.75) is 13.5 Å². The molecule has 0 unspecified atom stereocenters. The van der Waals surface area contributed by atoms with Crippen molar-refractivity contribution >= 4 is 10.9 Å². The van der Waals surface area contributed by atoms with Gasteiger partial charge >= 0.3 is 0 Å². The van der Waals surface area contributed by atoms with E-state index in [-0.39, 0.29) is 0 Å². The SMILES string of the molecule is Cc1cc(Cn2cccc2)c2ccccc2n1. The predicted octanol–water partition coefficient (Wildman–Crippen LogP) is 3.39. The van der Waals surface area contributed by atoms with Crippen LogP contribution in [0.2, 0.25) is 0 Å². The minimum atomic E-state index is 0.900. The molecule has 0 spiro atoms. The molecule has 3 aromatic rings. The quantitative estimate of drug-likeness (QED) is 0.650. The highest BCUT2D eigenvalue weighted by Crippen LogP contribution is 2.19. The first-order valence-corrected chi connectivity index (χ1v) is 5.79. The van der Waals surface area contributed by atoms with Gasteiger partial charge in [-0.1, -0.05) is 18.2 Å². The van der Waals surface area contributed by atoms with Gasteiger partial charge in [0, 0.05) is 30.0 Å². The smallest absolute Gasteiger partial charge is 0.0708 e. The van der Waals surface area contributed by atoms with Crippen molar-refractivity contribution in [1.82, 2.24) is 9.55 Å². The van der Waals surface area contributed by atoms with Gasteiger partial charge in [-0.25, -0.2) is 0 Å². The highest BCUT2D eigenvalue weighted by Gasteiger charge is 2.03. The molecule has 17 heavy (non-hydrogen) atoms. The van der Waals surface area contributed by atoms with E-state index in [2.05, 4.69) is 58.3 Å². The lowest BCUT2D eigenvalue weighted by atomic mass is 10.1. The van der Waals surface area contributed by atoms with E-state index in [9.17, 15) is 0 Å². The third-order valence-electron chi connectivity index (χ3n) is 2.95.